The van der Waals surface area contributed by atoms with E-state index >= 15 is 0 Å². The summed E-state index contributed by atoms with van der Waals surface area (Å²) in [5.41, 5.74) is 7.32. The lowest BCUT2D eigenvalue weighted by Gasteiger charge is -2.18. The lowest BCUT2D eigenvalue weighted by atomic mass is 10.0. The van der Waals surface area contributed by atoms with Gasteiger partial charge >= 0.3 is 0 Å². The summed E-state index contributed by atoms with van der Waals surface area (Å²) in [6, 6.07) is 10.2. The predicted octanol–water partition coefficient (Wildman–Crippen LogP) is 5.52. The summed E-state index contributed by atoms with van der Waals surface area (Å²) >= 11 is 3.46. The SMILES string of the molecule is CC(C)c1cc(Br)ccc1Oc1cccc(F)c1C(C)N. The molecule has 0 aliphatic heterocycles. The lowest BCUT2D eigenvalue weighted by molar-refractivity contribution is 0.453. The number of hydrogen-bond donors (Lipinski definition) is 1. The maximum atomic E-state index is 14.0. The van der Waals surface area contributed by atoms with Gasteiger partial charge in [0, 0.05) is 16.1 Å². The molecule has 2 nitrogen and oxygen atoms in total. The van der Waals surface area contributed by atoms with Gasteiger partial charge in [0.05, 0.1) is 0 Å². The average molecular weight is 352 g/mol. The minimum absolute atomic E-state index is 0.296. The number of benzene rings is 2. The molecular formula is C17H19BrFNO. The third-order valence-corrected chi connectivity index (χ3v) is 3.78. The molecule has 2 aromatic carbocycles. The largest absolute Gasteiger partial charge is 0.457 e. The van der Waals surface area contributed by atoms with E-state index in [9.17, 15) is 4.39 Å². The van der Waals surface area contributed by atoms with Gasteiger partial charge in [-0.1, -0.05) is 35.8 Å². The summed E-state index contributed by atoms with van der Waals surface area (Å²) in [4.78, 5) is 0. The van der Waals surface area contributed by atoms with Crippen molar-refractivity contribution in [3.05, 3.63) is 57.8 Å². The maximum Gasteiger partial charge on any atom is 0.135 e. The Labute approximate surface area is 133 Å². The van der Waals surface area contributed by atoms with Crippen molar-refractivity contribution in [1.29, 1.82) is 0 Å². The molecule has 0 bridgehead atoms. The number of halogens is 2. The van der Waals surface area contributed by atoms with Crippen molar-refractivity contribution in [1.82, 2.24) is 0 Å². The van der Waals surface area contributed by atoms with Gasteiger partial charge in [0.2, 0.25) is 0 Å². The van der Waals surface area contributed by atoms with Crippen LogP contribution < -0.4 is 10.5 Å². The Morgan fingerprint density at radius 2 is 1.81 bits per heavy atom. The molecule has 2 aromatic rings. The molecule has 0 heterocycles. The normalized spacial score (nSPS) is 12.5. The van der Waals surface area contributed by atoms with Gasteiger partial charge in [0.15, 0.2) is 0 Å². The molecule has 0 amide bonds. The van der Waals surface area contributed by atoms with Crippen molar-refractivity contribution < 1.29 is 9.13 Å². The first-order chi connectivity index (χ1) is 9.90. The smallest absolute Gasteiger partial charge is 0.135 e. The van der Waals surface area contributed by atoms with E-state index in [0.717, 1.165) is 15.8 Å². The molecule has 2 N–H and O–H groups in total. The number of ether oxygens (including phenoxy) is 1. The van der Waals surface area contributed by atoms with E-state index < -0.39 is 6.04 Å². The summed E-state index contributed by atoms with van der Waals surface area (Å²) in [6.07, 6.45) is 0. The van der Waals surface area contributed by atoms with Crippen LogP contribution in [0.25, 0.3) is 0 Å². The first kappa shape index (κ1) is 16.0. The van der Waals surface area contributed by atoms with Crippen molar-refractivity contribution in [2.24, 2.45) is 5.73 Å². The zero-order chi connectivity index (χ0) is 15.6. The Morgan fingerprint density at radius 3 is 2.43 bits per heavy atom. The van der Waals surface area contributed by atoms with E-state index in [1.807, 2.05) is 18.2 Å². The van der Waals surface area contributed by atoms with Crippen molar-refractivity contribution in [2.75, 3.05) is 0 Å². The molecule has 0 saturated carbocycles. The monoisotopic (exact) mass is 351 g/mol. The standard InChI is InChI=1S/C17H19BrFNO/c1-10(2)13-9-12(18)7-8-15(13)21-16-6-4-5-14(19)17(16)11(3)20/h4-11H,20H2,1-3H3. The summed E-state index contributed by atoms with van der Waals surface area (Å²) in [5, 5.41) is 0. The molecule has 4 heteroatoms. The molecule has 0 fully saturated rings. The van der Waals surface area contributed by atoms with Crippen LogP contribution in [0, 0.1) is 5.82 Å². The fourth-order valence-corrected chi connectivity index (χ4v) is 2.61. The maximum absolute atomic E-state index is 14.0. The topological polar surface area (TPSA) is 35.2 Å². The van der Waals surface area contributed by atoms with Gasteiger partial charge in [-0.2, -0.15) is 0 Å². The van der Waals surface area contributed by atoms with Gasteiger partial charge in [-0.05, 0) is 48.7 Å². The predicted molar refractivity (Wildman–Crippen MR) is 87.3 cm³/mol. The van der Waals surface area contributed by atoms with Crippen LogP contribution in [-0.2, 0) is 0 Å². The quantitative estimate of drug-likeness (QED) is 0.786. The van der Waals surface area contributed by atoms with Crippen molar-refractivity contribution in [3.8, 4) is 11.5 Å². The number of hydrogen-bond acceptors (Lipinski definition) is 2. The second-order valence-electron chi connectivity index (χ2n) is 5.38. The zero-order valence-corrected chi connectivity index (χ0v) is 13.9. The first-order valence-electron chi connectivity index (χ1n) is 6.91. The second-order valence-corrected chi connectivity index (χ2v) is 6.29. The van der Waals surface area contributed by atoms with Crippen LogP contribution in [0.15, 0.2) is 40.9 Å². The molecule has 0 radical (unpaired) electrons. The highest BCUT2D eigenvalue weighted by Gasteiger charge is 2.16. The lowest BCUT2D eigenvalue weighted by Crippen LogP contribution is -2.09. The van der Waals surface area contributed by atoms with Crippen LogP contribution in [0.2, 0.25) is 0 Å². The molecule has 0 aromatic heterocycles. The minimum atomic E-state index is -0.431. The van der Waals surface area contributed by atoms with Crippen LogP contribution in [-0.4, -0.2) is 0 Å². The molecule has 1 atom stereocenters. The molecule has 0 spiro atoms. The van der Waals surface area contributed by atoms with Gasteiger partial charge < -0.3 is 10.5 Å². The third-order valence-electron chi connectivity index (χ3n) is 3.28. The molecular weight excluding hydrogens is 333 g/mol. The van der Waals surface area contributed by atoms with Crippen LogP contribution in [0.4, 0.5) is 4.39 Å². The van der Waals surface area contributed by atoms with Crippen LogP contribution in [0.5, 0.6) is 11.5 Å². The van der Waals surface area contributed by atoms with Crippen LogP contribution in [0.1, 0.15) is 43.9 Å². The van der Waals surface area contributed by atoms with E-state index in [2.05, 4.69) is 29.8 Å². The number of nitrogens with two attached hydrogens (primary N) is 1. The van der Waals surface area contributed by atoms with Gasteiger partial charge in [0.25, 0.3) is 0 Å². The molecule has 112 valence electrons. The fourth-order valence-electron chi connectivity index (χ4n) is 2.23. The minimum Gasteiger partial charge on any atom is -0.457 e. The van der Waals surface area contributed by atoms with Gasteiger partial charge in [0.1, 0.15) is 17.3 Å². The van der Waals surface area contributed by atoms with Crippen LogP contribution >= 0.6 is 15.9 Å². The van der Waals surface area contributed by atoms with Crippen LogP contribution in [0.3, 0.4) is 0 Å². The molecule has 21 heavy (non-hydrogen) atoms. The Hall–Kier alpha value is -1.39. The molecule has 0 saturated heterocycles. The Bertz CT molecular complexity index is 641. The van der Waals surface area contributed by atoms with Gasteiger partial charge in [-0.3, -0.25) is 0 Å². The summed E-state index contributed by atoms with van der Waals surface area (Å²) < 4.78 is 20.9. The van der Waals surface area contributed by atoms with Gasteiger partial charge in [-0.25, -0.2) is 4.39 Å². The fraction of sp³-hybridized carbons (Fsp3) is 0.294. The molecule has 1 unspecified atom stereocenters. The highest BCUT2D eigenvalue weighted by atomic mass is 79.9. The van der Waals surface area contributed by atoms with E-state index in [1.54, 1.807) is 19.1 Å². The highest BCUT2D eigenvalue weighted by Crippen LogP contribution is 2.36. The Kier molecular flexibility index (Phi) is 5.01. The second kappa shape index (κ2) is 6.58. The Balaban J connectivity index is 2.46. The first-order valence-corrected chi connectivity index (χ1v) is 7.70. The third kappa shape index (κ3) is 3.63. The average Bonchev–Trinajstić information content (AvgIpc) is 2.40. The molecule has 0 aliphatic carbocycles. The molecule has 2 rings (SSSR count). The van der Waals surface area contributed by atoms with E-state index in [-0.39, 0.29) is 5.82 Å². The summed E-state index contributed by atoms with van der Waals surface area (Å²) in [6.45, 7) is 5.93. The van der Waals surface area contributed by atoms with Crippen molar-refractivity contribution >= 4 is 15.9 Å². The summed E-state index contributed by atoms with van der Waals surface area (Å²) in [7, 11) is 0. The summed E-state index contributed by atoms with van der Waals surface area (Å²) in [5.74, 6) is 1.14. The highest BCUT2D eigenvalue weighted by molar-refractivity contribution is 9.10. The van der Waals surface area contributed by atoms with E-state index in [0.29, 0.717) is 17.2 Å². The number of rotatable bonds is 4. The van der Waals surface area contributed by atoms with E-state index in [4.69, 9.17) is 10.5 Å². The van der Waals surface area contributed by atoms with Crippen molar-refractivity contribution in [3.63, 3.8) is 0 Å². The molecule has 0 aliphatic rings. The Morgan fingerprint density at radius 1 is 1.10 bits per heavy atom. The van der Waals surface area contributed by atoms with Gasteiger partial charge in [-0.15, -0.1) is 0 Å². The van der Waals surface area contributed by atoms with Crippen molar-refractivity contribution in [2.45, 2.75) is 32.7 Å². The zero-order valence-electron chi connectivity index (χ0n) is 12.4. The van der Waals surface area contributed by atoms with E-state index in [1.165, 1.54) is 6.07 Å².